The van der Waals surface area contributed by atoms with E-state index in [2.05, 4.69) is 19.9 Å². The summed E-state index contributed by atoms with van der Waals surface area (Å²) in [5.74, 6) is -0.344. The third kappa shape index (κ3) is 4.49. The second-order valence-electron chi connectivity index (χ2n) is 10.7. The fourth-order valence-corrected chi connectivity index (χ4v) is 7.14. The van der Waals surface area contributed by atoms with Crippen LogP contribution in [0.3, 0.4) is 0 Å². The van der Waals surface area contributed by atoms with E-state index < -0.39 is 62.3 Å². The molecule has 0 spiro atoms. The second-order valence-corrected chi connectivity index (χ2v) is 12.1. The molecule has 224 valence electrons. The highest BCUT2D eigenvalue weighted by molar-refractivity contribution is 7.47. The standard InChI is InChI=1S/C24H29N8O9P/c25-18-11-4-6-31(19(11)28-9-27-18)22-15(33)10-2-1-3-13-16(34)17(41-42(36,37)38-8-14(10)40-22)23(39-13)32-7-5-12-20(32)29-24(26)30-21(12)35/h4-7,9-10,13-17,22-23,33-34H,1-3,8H2,(H,36,37)(H2,25,27,28)(H3,26,29,30,35)/t10-,13-,14-,15-,16-,17-,22-,23-/m1/s1. The van der Waals surface area contributed by atoms with Crippen LogP contribution in [0.4, 0.5) is 11.8 Å². The van der Waals surface area contributed by atoms with Gasteiger partial charge in [-0.15, -0.1) is 0 Å². The Hall–Kier alpha value is -3.41. The van der Waals surface area contributed by atoms with E-state index in [4.69, 9.17) is 30.0 Å². The lowest BCUT2D eigenvalue weighted by Gasteiger charge is -2.26. The minimum atomic E-state index is -4.81. The summed E-state index contributed by atoms with van der Waals surface area (Å²) in [5, 5.41) is 23.3. The van der Waals surface area contributed by atoms with Gasteiger partial charge in [-0.2, -0.15) is 4.98 Å². The molecule has 0 aliphatic carbocycles. The van der Waals surface area contributed by atoms with Crippen LogP contribution >= 0.6 is 7.82 Å². The molecule has 8 N–H and O–H groups in total. The summed E-state index contributed by atoms with van der Waals surface area (Å²) in [6, 6.07) is 3.21. The maximum absolute atomic E-state index is 13.2. The molecule has 9 atom stereocenters. The number of aromatic nitrogens is 6. The first kappa shape index (κ1) is 27.4. The highest BCUT2D eigenvalue weighted by Crippen LogP contribution is 2.51. The van der Waals surface area contributed by atoms with Gasteiger partial charge in [0.15, 0.2) is 18.1 Å². The molecule has 0 saturated carbocycles. The molecule has 17 nitrogen and oxygen atoms in total. The molecule has 7 rings (SSSR count). The summed E-state index contributed by atoms with van der Waals surface area (Å²) in [7, 11) is -4.81. The molecule has 2 bridgehead atoms. The Morgan fingerprint density at radius 2 is 1.71 bits per heavy atom. The van der Waals surface area contributed by atoms with Crippen molar-refractivity contribution in [1.82, 2.24) is 29.1 Å². The summed E-state index contributed by atoms with van der Waals surface area (Å²) < 4.78 is 39.4. The highest BCUT2D eigenvalue weighted by atomic mass is 31.2. The normalized spacial score (nSPS) is 35.7. The molecule has 4 aromatic heterocycles. The van der Waals surface area contributed by atoms with Crippen molar-refractivity contribution in [3.05, 3.63) is 41.2 Å². The molecule has 0 aromatic carbocycles. The van der Waals surface area contributed by atoms with Gasteiger partial charge in [0.1, 0.15) is 36.1 Å². The van der Waals surface area contributed by atoms with E-state index in [1.165, 1.54) is 23.2 Å². The smallest absolute Gasteiger partial charge is 0.388 e. The zero-order valence-electron chi connectivity index (χ0n) is 22.0. The van der Waals surface area contributed by atoms with Crippen molar-refractivity contribution in [2.24, 2.45) is 5.92 Å². The van der Waals surface area contributed by atoms with Crippen LogP contribution in [-0.4, -0.2) is 81.3 Å². The number of aliphatic hydroxyl groups is 2. The van der Waals surface area contributed by atoms with Crippen LogP contribution in [0.1, 0.15) is 31.7 Å². The van der Waals surface area contributed by atoms with Crippen molar-refractivity contribution in [2.75, 3.05) is 18.1 Å². The summed E-state index contributed by atoms with van der Waals surface area (Å²) in [4.78, 5) is 37.9. The number of ether oxygens (including phenoxy) is 2. The Morgan fingerprint density at radius 3 is 2.52 bits per heavy atom. The first-order valence-electron chi connectivity index (χ1n) is 13.4. The molecule has 42 heavy (non-hydrogen) atoms. The molecule has 1 unspecified atom stereocenters. The van der Waals surface area contributed by atoms with Crippen LogP contribution in [0, 0.1) is 5.92 Å². The number of anilines is 2. The van der Waals surface area contributed by atoms with Gasteiger partial charge in [-0.25, -0.2) is 14.5 Å². The predicted molar refractivity (Wildman–Crippen MR) is 145 cm³/mol. The van der Waals surface area contributed by atoms with Crippen molar-refractivity contribution in [1.29, 1.82) is 0 Å². The number of nitrogens with zero attached hydrogens (tertiary/aromatic N) is 5. The minimum Gasteiger partial charge on any atom is -0.388 e. The topological polar surface area (TPSA) is 248 Å². The molecule has 7 heterocycles. The van der Waals surface area contributed by atoms with Crippen LogP contribution in [-0.2, 0) is 23.1 Å². The van der Waals surface area contributed by atoms with E-state index in [-0.39, 0.29) is 29.4 Å². The van der Waals surface area contributed by atoms with Crippen molar-refractivity contribution in [2.45, 2.75) is 62.2 Å². The fraction of sp³-hybridized carbons (Fsp3) is 0.500. The first-order chi connectivity index (χ1) is 20.1. The number of phosphoric acid groups is 1. The Balaban J connectivity index is 1.17. The molecule has 3 aliphatic heterocycles. The zero-order valence-corrected chi connectivity index (χ0v) is 22.9. The molecule has 4 aromatic rings. The van der Waals surface area contributed by atoms with Crippen LogP contribution in [0.25, 0.3) is 22.1 Å². The lowest BCUT2D eigenvalue weighted by Crippen LogP contribution is -2.35. The maximum atomic E-state index is 13.2. The fourth-order valence-electron chi connectivity index (χ4n) is 6.20. The van der Waals surface area contributed by atoms with Crippen molar-refractivity contribution in [3.63, 3.8) is 0 Å². The van der Waals surface area contributed by atoms with E-state index in [0.717, 1.165) is 0 Å². The molecule has 3 aliphatic rings. The number of nitrogens with two attached hydrogens (primary N) is 2. The first-order valence-corrected chi connectivity index (χ1v) is 14.9. The number of aliphatic hydroxyl groups excluding tert-OH is 2. The van der Waals surface area contributed by atoms with E-state index in [1.54, 1.807) is 16.8 Å². The Bertz CT molecular complexity index is 1760. The van der Waals surface area contributed by atoms with Crippen LogP contribution in [0.15, 0.2) is 35.6 Å². The van der Waals surface area contributed by atoms with Gasteiger partial charge < -0.3 is 45.2 Å². The Labute approximate surface area is 236 Å². The summed E-state index contributed by atoms with van der Waals surface area (Å²) in [6.07, 6.45) is -1.49. The van der Waals surface area contributed by atoms with Crippen molar-refractivity contribution >= 4 is 41.7 Å². The Morgan fingerprint density at radius 1 is 0.976 bits per heavy atom. The van der Waals surface area contributed by atoms with Crippen molar-refractivity contribution < 1.29 is 38.2 Å². The number of hydrogen-bond acceptors (Lipinski definition) is 13. The van der Waals surface area contributed by atoms with Gasteiger partial charge in [-0.05, 0) is 25.0 Å². The summed E-state index contributed by atoms with van der Waals surface area (Å²) >= 11 is 0. The van der Waals surface area contributed by atoms with Gasteiger partial charge in [0, 0.05) is 18.3 Å². The number of nitrogens with one attached hydrogen (secondary N) is 1. The van der Waals surface area contributed by atoms with Crippen LogP contribution in [0.5, 0.6) is 0 Å². The van der Waals surface area contributed by atoms with Crippen LogP contribution < -0.4 is 17.0 Å². The number of hydrogen-bond donors (Lipinski definition) is 6. The van der Waals surface area contributed by atoms with Crippen LogP contribution in [0.2, 0.25) is 0 Å². The monoisotopic (exact) mass is 604 g/mol. The van der Waals surface area contributed by atoms with Crippen molar-refractivity contribution in [3.8, 4) is 0 Å². The third-order valence-corrected chi connectivity index (χ3v) is 9.19. The number of H-pyrrole nitrogens is 1. The van der Waals surface area contributed by atoms with Gasteiger partial charge in [-0.3, -0.25) is 18.8 Å². The molecular weight excluding hydrogens is 575 g/mol. The lowest BCUT2D eigenvalue weighted by atomic mass is 9.91. The Kier molecular flexibility index (Phi) is 6.59. The molecule has 0 radical (unpaired) electrons. The second kappa shape index (κ2) is 10.1. The molecule has 0 amide bonds. The number of aromatic amines is 1. The van der Waals surface area contributed by atoms with Gasteiger partial charge in [0.25, 0.3) is 5.56 Å². The quantitative estimate of drug-likeness (QED) is 0.167. The molecule has 3 fully saturated rings. The van der Waals surface area contributed by atoms with E-state index in [0.29, 0.717) is 30.3 Å². The average Bonchev–Trinajstić information content (AvgIpc) is 3.69. The van der Waals surface area contributed by atoms with Gasteiger partial charge in [0.05, 0.1) is 29.6 Å². The summed E-state index contributed by atoms with van der Waals surface area (Å²) in [6.45, 7) is -0.375. The molecule has 3 saturated heterocycles. The summed E-state index contributed by atoms with van der Waals surface area (Å²) in [5.41, 5.74) is 11.8. The highest BCUT2D eigenvalue weighted by Gasteiger charge is 2.51. The van der Waals surface area contributed by atoms with E-state index >= 15 is 0 Å². The van der Waals surface area contributed by atoms with Gasteiger partial charge >= 0.3 is 7.82 Å². The number of rotatable bonds is 2. The number of phosphoric ester groups is 1. The SMILES string of the molecule is Nc1nc2c(ccn2[C@@H]2O[C@@H]3CCC[C@H]4[C@@H](O)[C@H](n5ccc6c(N)ncnc65)O[C@@H]4COP(=O)(O)O[C@@H]2[C@@H]3O)c(=O)[nH]1. The van der Waals surface area contributed by atoms with E-state index in [9.17, 15) is 24.5 Å². The van der Waals surface area contributed by atoms with Gasteiger partial charge in [0.2, 0.25) is 5.95 Å². The zero-order chi connectivity index (χ0) is 29.3. The predicted octanol–water partition coefficient (Wildman–Crippen LogP) is 0.153. The number of fused-ring (bicyclic) bond motifs is 5. The molecular formula is C24H29N8O9P. The van der Waals surface area contributed by atoms with E-state index in [1.807, 2.05) is 0 Å². The maximum Gasteiger partial charge on any atom is 0.472 e. The largest absolute Gasteiger partial charge is 0.472 e. The molecule has 18 heteroatoms. The minimum absolute atomic E-state index is 0.130. The lowest BCUT2D eigenvalue weighted by molar-refractivity contribution is -0.0566. The number of nitrogen functional groups attached to an aromatic ring is 2. The van der Waals surface area contributed by atoms with Gasteiger partial charge in [-0.1, -0.05) is 6.42 Å². The third-order valence-electron chi connectivity index (χ3n) is 8.21. The average molecular weight is 605 g/mol.